The number of fused-ring (bicyclic) bond motifs is 1. The van der Waals surface area contributed by atoms with Crippen LogP contribution in [0.5, 0.6) is 0 Å². The van der Waals surface area contributed by atoms with Crippen molar-refractivity contribution in [2.75, 3.05) is 37.7 Å². The number of para-hydroxylation sites is 1. The van der Waals surface area contributed by atoms with Gasteiger partial charge in [-0.3, -0.25) is 68.7 Å². The molecule has 6 rings (SSSR count). The van der Waals surface area contributed by atoms with Crippen molar-refractivity contribution in [3.05, 3.63) is 71.9 Å². The van der Waals surface area contributed by atoms with Crippen LogP contribution in [0.15, 0.2) is 65.8 Å². The number of hydrogen-bond donors (Lipinski definition) is 18. The van der Waals surface area contributed by atoms with Crippen LogP contribution in [0.2, 0.25) is 0 Å². The zero-order valence-electron chi connectivity index (χ0n) is 46.0. The molecule has 11 amide bonds. The monoisotopic (exact) mass is 1220 g/mol. The number of aromatic nitrogens is 1. The van der Waals surface area contributed by atoms with Crippen molar-refractivity contribution in [1.29, 1.82) is 10.8 Å². The lowest BCUT2D eigenvalue weighted by Crippen LogP contribution is -2.61. The zero-order valence-corrected chi connectivity index (χ0v) is 47.7. The Morgan fingerprint density at radius 2 is 1.29 bits per heavy atom. The van der Waals surface area contributed by atoms with Crippen molar-refractivity contribution >= 4 is 116 Å². The van der Waals surface area contributed by atoms with Gasteiger partial charge >= 0.3 is 12.0 Å². The Hall–Kier alpha value is -9.14. The number of carboxylic acids is 1. The number of benzene rings is 2. The van der Waals surface area contributed by atoms with E-state index in [9.17, 15) is 57.8 Å². The van der Waals surface area contributed by atoms with Gasteiger partial charge in [-0.2, -0.15) is 0 Å². The molecule has 3 aliphatic rings. The summed E-state index contributed by atoms with van der Waals surface area (Å²) in [6, 6.07) is 1.94. The lowest BCUT2D eigenvalue weighted by atomic mass is 10.0. The molecule has 0 radical (unpaired) electrons. The van der Waals surface area contributed by atoms with Crippen LogP contribution < -0.4 is 75.7 Å². The summed E-state index contributed by atoms with van der Waals surface area (Å²) in [5.41, 5.74) is 18.7. The quantitative estimate of drug-likeness (QED) is 0.0159. The van der Waals surface area contributed by atoms with E-state index in [1.165, 1.54) is 6.34 Å². The number of guanidine groups is 2. The molecule has 31 nitrogen and oxygen atoms in total. The highest BCUT2D eigenvalue weighted by atomic mass is 33.1. The van der Waals surface area contributed by atoms with Crippen molar-refractivity contribution in [2.45, 2.75) is 112 Å². The fourth-order valence-electron chi connectivity index (χ4n) is 9.33. The Labute approximate surface area is 495 Å². The van der Waals surface area contributed by atoms with Crippen LogP contribution in [-0.4, -0.2) is 190 Å². The van der Waals surface area contributed by atoms with Crippen LogP contribution in [0.25, 0.3) is 10.9 Å². The normalized spacial score (nSPS) is 23.4. The molecule has 0 aliphatic carbocycles. The number of aromatic amines is 1. The Bertz CT molecular complexity index is 2960. The number of imide groups is 1. The van der Waals surface area contributed by atoms with Crippen molar-refractivity contribution in [3.63, 3.8) is 0 Å². The number of nitrogens with zero attached hydrogens (tertiary/aromatic N) is 2. The summed E-state index contributed by atoms with van der Waals surface area (Å²) >= 11 is 0. The van der Waals surface area contributed by atoms with E-state index in [0.717, 1.165) is 21.6 Å². The molecular formula is C52H71N19O12S2. The van der Waals surface area contributed by atoms with Crippen LogP contribution >= 0.6 is 21.6 Å². The molecule has 458 valence electrons. The average molecular weight is 1220 g/mol. The first-order valence-corrected chi connectivity index (χ1v) is 29.6. The first-order valence-electron chi connectivity index (χ1n) is 27.1. The SMILES string of the molecule is N=C(N)NCCC[C@@H]1NC(=O)[C@@H](Cc2ccccc2)NC(=O)[C@H](CC2CN=CN2)NC(=O)C(CCC(=O)O)NC(=O)[C@@H](NC(=O)[C@@H](CCCNC(=N)N)N2C(=O)CNC2=O)CSSC[C@@H](C(N)=O)NC(=O)[C@H](Cc2c[nH]c3ccccc23)NC1=O. The number of carbonyl (C=O) groups is 11. The van der Waals surface area contributed by atoms with Crippen LogP contribution in [0.4, 0.5) is 4.79 Å². The van der Waals surface area contributed by atoms with Crippen molar-refractivity contribution < 1.29 is 57.8 Å². The third-order valence-corrected chi connectivity index (χ3v) is 16.2. The molecule has 33 heteroatoms. The Morgan fingerprint density at radius 1 is 0.706 bits per heavy atom. The predicted octanol–water partition coefficient (Wildman–Crippen LogP) is -4.07. The van der Waals surface area contributed by atoms with Gasteiger partial charge in [0.1, 0.15) is 48.3 Å². The molecule has 9 atom stereocenters. The van der Waals surface area contributed by atoms with Gasteiger partial charge in [-0.05, 0) is 55.7 Å². The summed E-state index contributed by atoms with van der Waals surface area (Å²) in [4.78, 5) is 162. The molecular weight excluding hydrogens is 1150 g/mol. The van der Waals surface area contributed by atoms with E-state index < -0.39 is 145 Å². The summed E-state index contributed by atoms with van der Waals surface area (Å²) in [6.07, 6.45) is 1.20. The first kappa shape index (κ1) is 65.0. The summed E-state index contributed by atoms with van der Waals surface area (Å²) in [5, 5.41) is 54.7. The maximum Gasteiger partial charge on any atom is 0.325 e. The molecule has 4 heterocycles. The van der Waals surface area contributed by atoms with Crippen molar-refractivity contribution in [2.24, 2.45) is 22.2 Å². The highest BCUT2D eigenvalue weighted by molar-refractivity contribution is 8.76. The van der Waals surface area contributed by atoms with Gasteiger partial charge in [0.2, 0.25) is 47.3 Å². The van der Waals surface area contributed by atoms with Crippen LogP contribution in [0, 0.1) is 10.8 Å². The molecule has 3 aromatic rings. The Balaban J connectivity index is 1.41. The minimum Gasteiger partial charge on any atom is -0.481 e. The number of aliphatic imine (C=N–C) groups is 1. The molecule has 21 N–H and O–H groups in total. The predicted molar refractivity (Wildman–Crippen MR) is 314 cm³/mol. The number of nitrogens with two attached hydrogens (primary N) is 3. The third-order valence-electron chi connectivity index (χ3n) is 13.7. The van der Waals surface area contributed by atoms with Gasteiger partial charge in [-0.25, -0.2) is 4.79 Å². The fourth-order valence-corrected chi connectivity index (χ4v) is 11.7. The number of carboxylic acid groups (broad SMARTS) is 1. The second kappa shape index (κ2) is 32.1. The van der Waals surface area contributed by atoms with Gasteiger partial charge < -0.3 is 85.8 Å². The summed E-state index contributed by atoms with van der Waals surface area (Å²) < 4.78 is 0. The van der Waals surface area contributed by atoms with E-state index >= 15 is 0 Å². The minimum atomic E-state index is -1.73. The van der Waals surface area contributed by atoms with Crippen LogP contribution in [-0.2, 0) is 60.8 Å². The van der Waals surface area contributed by atoms with E-state index in [1.807, 2.05) is 0 Å². The van der Waals surface area contributed by atoms with E-state index in [1.54, 1.807) is 60.8 Å². The molecule has 0 saturated carbocycles. The van der Waals surface area contributed by atoms with Gasteiger partial charge in [-0.15, -0.1) is 0 Å². The molecule has 0 bridgehead atoms. The molecule has 85 heavy (non-hydrogen) atoms. The van der Waals surface area contributed by atoms with Crippen molar-refractivity contribution in [3.8, 4) is 0 Å². The lowest BCUT2D eigenvalue weighted by Gasteiger charge is -2.29. The maximum absolute atomic E-state index is 14.8. The smallest absolute Gasteiger partial charge is 0.325 e. The number of aliphatic carboxylic acids is 1. The Morgan fingerprint density at radius 3 is 1.94 bits per heavy atom. The second-order valence-corrected chi connectivity index (χ2v) is 22.6. The highest BCUT2D eigenvalue weighted by Gasteiger charge is 2.41. The van der Waals surface area contributed by atoms with Gasteiger partial charge in [-0.1, -0.05) is 70.1 Å². The molecule has 2 saturated heterocycles. The third kappa shape index (κ3) is 20.0. The van der Waals surface area contributed by atoms with Crippen LogP contribution in [0.1, 0.15) is 56.1 Å². The van der Waals surface area contributed by atoms with Gasteiger partial charge in [0, 0.05) is 67.0 Å². The van der Waals surface area contributed by atoms with E-state index in [-0.39, 0.29) is 82.3 Å². The fraction of sp³-hybridized carbons (Fsp3) is 0.462. The van der Waals surface area contributed by atoms with Gasteiger partial charge in [0.15, 0.2) is 11.9 Å². The van der Waals surface area contributed by atoms with E-state index in [4.69, 9.17) is 28.0 Å². The summed E-state index contributed by atoms with van der Waals surface area (Å²) in [7, 11) is 1.78. The molecule has 3 aliphatic heterocycles. The maximum atomic E-state index is 14.8. The molecule has 1 aromatic heterocycles. The second-order valence-electron chi connectivity index (χ2n) is 20.1. The number of amides is 11. The summed E-state index contributed by atoms with van der Waals surface area (Å²) in [6.45, 7) is -0.171. The number of primary amides is 1. The highest BCUT2D eigenvalue weighted by Crippen LogP contribution is 2.25. The minimum absolute atomic E-state index is 0.0403. The number of carbonyl (C=O) groups excluding carboxylic acids is 10. The van der Waals surface area contributed by atoms with Gasteiger partial charge in [0.25, 0.3) is 5.91 Å². The number of nitrogens with one attached hydrogen (secondary N) is 14. The Kier molecular flexibility index (Phi) is 24.5. The number of hydrogen-bond acceptors (Lipinski definition) is 17. The van der Waals surface area contributed by atoms with E-state index in [2.05, 4.69) is 68.5 Å². The largest absolute Gasteiger partial charge is 0.481 e. The lowest BCUT2D eigenvalue weighted by molar-refractivity contribution is -0.139. The number of rotatable bonds is 21. The standard InChI is InChI=1S/C52H71N19O12S2/c53-42(75)37-24-84-85-25-38(70-49(82)39(13-7-17-60-51(56)57)71-40(72)23-62-52(71)83)48(81)65-33(14-15-41(73)74)44(77)68-36(20-29-22-58-26-63-29)47(80)66-34(18-27-8-2-1-3-9-27)45(78)64-32(12-6-16-59-50(54)55)43(76)67-35(46(79)69-37)19-28-21-61-31-11-5-4-10-30(28)31/h1-5,8-11,21,26,29,32-39,61H,6-7,12-20,22-25H2,(H2,53,75)(H,58,63)(H,62,83)(H,64,78)(H,65,81)(H,66,80)(H,67,76)(H,68,77)(H,69,79)(H,70,82)(H,73,74)(H4,54,55,59)(H4,56,57,60)/t29?,32-,33?,34+,35-,36-,37-,38-,39+/m0/s1. The zero-order chi connectivity index (χ0) is 61.6. The first-order chi connectivity index (χ1) is 40.7. The average Bonchev–Trinajstić information content (AvgIpc) is 4.46. The van der Waals surface area contributed by atoms with Crippen molar-refractivity contribution in [1.82, 2.24) is 68.4 Å². The molecule has 0 spiro atoms. The molecule has 2 unspecified atom stereocenters. The topological polar surface area (TPSA) is 497 Å². The summed E-state index contributed by atoms with van der Waals surface area (Å²) in [5.74, 6) is -11.3. The molecule has 2 fully saturated rings. The van der Waals surface area contributed by atoms with E-state index in [0.29, 0.717) is 26.9 Å². The molecule has 2 aromatic carbocycles. The van der Waals surface area contributed by atoms with Crippen LogP contribution in [0.3, 0.4) is 0 Å². The van der Waals surface area contributed by atoms with Gasteiger partial charge in [0.05, 0.1) is 19.4 Å². The number of H-pyrrole nitrogens is 1. The number of urea groups is 1.